The number of rotatable bonds is 7. The normalized spacial score (nSPS) is 14.4. The van der Waals surface area contributed by atoms with Crippen LogP contribution in [0.5, 0.6) is 0 Å². The van der Waals surface area contributed by atoms with E-state index in [0.717, 1.165) is 5.82 Å². The number of benzene rings is 1. The molecule has 30 heavy (non-hydrogen) atoms. The molecule has 0 radical (unpaired) electrons. The lowest BCUT2D eigenvalue weighted by Gasteiger charge is -2.32. The molecule has 2 aromatic rings. The first-order valence-corrected chi connectivity index (χ1v) is 10.1. The number of carbonyl (C=O) groups excluding carboxylic acids is 2. The van der Waals surface area contributed by atoms with Gasteiger partial charge in [-0.05, 0) is 43.2 Å². The van der Waals surface area contributed by atoms with Crippen LogP contribution in [0.3, 0.4) is 0 Å². The summed E-state index contributed by atoms with van der Waals surface area (Å²) in [6.45, 7) is 2.24. The largest absolute Gasteiger partial charge is 0.383 e. The van der Waals surface area contributed by atoms with Gasteiger partial charge in [-0.1, -0.05) is 11.6 Å². The third-order valence-electron chi connectivity index (χ3n) is 4.98. The fraction of sp³-hybridized carbons (Fsp3) is 0.381. The van der Waals surface area contributed by atoms with E-state index in [1.54, 1.807) is 19.4 Å². The summed E-state index contributed by atoms with van der Waals surface area (Å²) < 4.78 is 18.2. The smallest absolute Gasteiger partial charge is 0.252 e. The minimum absolute atomic E-state index is 0.0236. The van der Waals surface area contributed by atoms with Crippen LogP contribution in [0.4, 0.5) is 15.9 Å². The number of nitrogens with zero attached hydrogens (tertiary/aromatic N) is 2. The van der Waals surface area contributed by atoms with Gasteiger partial charge in [0.1, 0.15) is 11.6 Å². The quantitative estimate of drug-likeness (QED) is 0.654. The van der Waals surface area contributed by atoms with Gasteiger partial charge in [-0.2, -0.15) is 0 Å². The Morgan fingerprint density at radius 2 is 2.03 bits per heavy atom. The molecule has 2 N–H and O–H groups in total. The summed E-state index contributed by atoms with van der Waals surface area (Å²) >= 11 is 5.76. The number of anilines is 2. The minimum Gasteiger partial charge on any atom is -0.383 e. The summed E-state index contributed by atoms with van der Waals surface area (Å²) in [5, 5.41) is 5.53. The molecule has 0 unspecified atom stereocenters. The average Bonchev–Trinajstić information content (AvgIpc) is 2.76. The fourth-order valence-corrected chi connectivity index (χ4v) is 3.45. The van der Waals surface area contributed by atoms with E-state index < -0.39 is 5.82 Å². The van der Waals surface area contributed by atoms with Gasteiger partial charge >= 0.3 is 0 Å². The summed E-state index contributed by atoms with van der Waals surface area (Å²) in [6.07, 6.45) is 2.89. The first-order valence-electron chi connectivity index (χ1n) is 9.72. The van der Waals surface area contributed by atoms with Gasteiger partial charge in [0.15, 0.2) is 0 Å². The summed E-state index contributed by atoms with van der Waals surface area (Å²) in [5.74, 6) is -0.187. The standard InChI is InChI=1S/C21H24ClFN4O3/c1-30-11-8-24-20(28)15-2-5-19(25-13-15)27-9-6-14(7-10-27)21(29)26-16-3-4-18(23)17(22)12-16/h2-5,12-14H,6-11H2,1H3,(H,24,28)(H,26,29). The van der Waals surface area contributed by atoms with Crippen LogP contribution in [0, 0.1) is 11.7 Å². The molecule has 0 spiro atoms. The average molecular weight is 435 g/mol. The maximum atomic E-state index is 13.3. The molecule has 3 rings (SSSR count). The van der Waals surface area contributed by atoms with Gasteiger partial charge in [-0.15, -0.1) is 0 Å². The molecular formula is C21H24ClFN4O3. The predicted molar refractivity (Wildman–Crippen MR) is 113 cm³/mol. The molecule has 9 heteroatoms. The monoisotopic (exact) mass is 434 g/mol. The van der Waals surface area contributed by atoms with Gasteiger partial charge in [0.2, 0.25) is 5.91 Å². The van der Waals surface area contributed by atoms with Crippen molar-refractivity contribution in [3.05, 3.63) is 52.9 Å². The first kappa shape index (κ1) is 22.0. The number of piperidine rings is 1. The van der Waals surface area contributed by atoms with Crippen LogP contribution in [-0.2, 0) is 9.53 Å². The minimum atomic E-state index is -0.519. The van der Waals surface area contributed by atoms with Gasteiger partial charge in [0, 0.05) is 44.5 Å². The van der Waals surface area contributed by atoms with Crippen LogP contribution in [0.15, 0.2) is 36.5 Å². The Balaban J connectivity index is 1.50. The zero-order valence-corrected chi connectivity index (χ0v) is 17.4. The molecule has 7 nitrogen and oxygen atoms in total. The molecule has 1 aliphatic rings. The lowest BCUT2D eigenvalue weighted by molar-refractivity contribution is -0.120. The molecule has 2 heterocycles. The van der Waals surface area contributed by atoms with Gasteiger partial charge in [0.25, 0.3) is 5.91 Å². The van der Waals surface area contributed by atoms with Crippen molar-refractivity contribution in [1.82, 2.24) is 10.3 Å². The zero-order valence-electron chi connectivity index (χ0n) is 16.7. The van der Waals surface area contributed by atoms with Crippen LogP contribution in [-0.4, -0.2) is 50.1 Å². The molecule has 1 saturated heterocycles. The topological polar surface area (TPSA) is 83.6 Å². The van der Waals surface area contributed by atoms with Crippen LogP contribution in [0.1, 0.15) is 23.2 Å². The molecule has 2 amide bonds. The van der Waals surface area contributed by atoms with Crippen molar-refractivity contribution < 1.29 is 18.7 Å². The number of methoxy groups -OCH3 is 1. The van der Waals surface area contributed by atoms with Crippen molar-refractivity contribution in [1.29, 1.82) is 0 Å². The van der Waals surface area contributed by atoms with Crippen molar-refractivity contribution in [2.24, 2.45) is 5.92 Å². The summed E-state index contributed by atoms with van der Waals surface area (Å²) in [5.41, 5.74) is 0.969. The number of aromatic nitrogens is 1. The summed E-state index contributed by atoms with van der Waals surface area (Å²) in [6, 6.07) is 7.67. The second-order valence-electron chi connectivity index (χ2n) is 7.03. The molecule has 0 bridgehead atoms. The Labute approximate surface area is 179 Å². The molecule has 1 aromatic carbocycles. The number of pyridine rings is 1. The Kier molecular flexibility index (Phi) is 7.59. The van der Waals surface area contributed by atoms with Gasteiger partial charge in [-0.3, -0.25) is 9.59 Å². The second-order valence-corrected chi connectivity index (χ2v) is 7.44. The predicted octanol–water partition coefficient (Wildman–Crippen LogP) is 3.11. The molecule has 0 saturated carbocycles. The number of carbonyl (C=O) groups is 2. The Morgan fingerprint density at radius 3 is 2.67 bits per heavy atom. The van der Waals surface area contributed by atoms with E-state index in [9.17, 15) is 14.0 Å². The third-order valence-corrected chi connectivity index (χ3v) is 5.27. The van der Waals surface area contributed by atoms with Crippen molar-refractivity contribution in [3.8, 4) is 0 Å². The van der Waals surface area contributed by atoms with Gasteiger partial charge < -0.3 is 20.3 Å². The Morgan fingerprint density at radius 1 is 1.27 bits per heavy atom. The zero-order chi connectivity index (χ0) is 21.5. The number of amides is 2. The van der Waals surface area contributed by atoms with Crippen LogP contribution >= 0.6 is 11.6 Å². The molecule has 1 fully saturated rings. The third kappa shape index (κ3) is 5.67. The molecule has 160 valence electrons. The van der Waals surface area contributed by atoms with E-state index >= 15 is 0 Å². The molecular weight excluding hydrogens is 411 g/mol. The lowest BCUT2D eigenvalue weighted by Crippen LogP contribution is -2.38. The van der Waals surface area contributed by atoms with Crippen LogP contribution < -0.4 is 15.5 Å². The van der Waals surface area contributed by atoms with E-state index in [1.807, 2.05) is 6.07 Å². The van der Waals surface area contributed by atoms with E-state index in [-0.39, 0.29) is 22.8 Å². The number of hydrogen-bond donors (Lipinski definition) is 2. The van der Waals surface area contributed by atoms with Gasteiger partial charge in [0.05, 0.1) is 17.2 Å². The highest BCUT2D eigenvalue weighted by molar-refractivity contribution is 6.31. The van der Waals surface area contributed by atoms with E-state index in [2.05, 4.69) is 20.5 Å². The number of halogens is 2. The molecule has 1 aliphatic heterocycles. The lowest BCUT2D eigenvalue weighted by atomic mass is 9.95. The van der Waals surface area contributed by atoms with E-state index in [1.165, 1.54) is 18.2 Å². The SMILES string of the molecule is COCCNC(=O)c1ccc(N2CCC(C(=O)Nc3ccc(F)c(Cl)c3)CC2)nc1. The summed E-state index contributed by atoms with van der Waals surface area (Å²) in [7, 11) is 1.58. The maximum Gasteiger partial charge on any atom is 0.252 e. The maximum absolute atomic E-state index is 13.3. The highest BCUT2D eigenvalue weighted by Gasteiger charge is 2.26. The molecule has 0 atom stereocenters. The number of nitrogens with one attached hydrogen (secondary N) is 2. The Hall–Kier alpha value is -2.71. The summed E-state index contributed by atoms with van der Waals surface area (Å²) in [4.78, 5) is 31.0. The second kappa shape index (κ2) is 10.4. The number of ether oxygens (including phenoxy) is 1. The fourth-order valence-electron chi connectivity index (χ4n) is 3.27. The van der Waals surface area contributed by atoms with E-state index in [4.69, 9.17) is 16.3 Å². The van der Waals surface area contributed by atoms with Gasteiger partial charge in [-0.25, -0.2) is 9.37 Å². The molecule has 1 aromatic heterocycles. The van der Waals surface area contributed by atoms with E-state index in [0.29, 0.717) is 50.3 Å². The van der Waals surface area contributed by atoms with Crippen LogP contribution in [0.25, 0.3) is 0 Å². The van der Waals surface area contributed by atoms with Crippen molar-refractivity contribution in [3.63, 3.8) is 0 Å². The highest BCUT2D eigenvalue weighted by Crippen LogP contribution is 2.25. The molecule has 0 aliphatic carbocycles. The number of hydrogen-bond acceptors (Lipinski definition) is 5. The first-order chi connectivity index (χ1) is 14.5. The van der Waals surface area contributed by atoms with Crippen molar-refractivity contribution in [2.75, 3.05) is 43.6 Å². The Bertz CT molecular complexity index is 886. The van der Waals surface area contributed by atoms with Crippen LogP contribution in [0.2, 0.25) is 5.02 Å². The van der Waals surface area contributed by atoms with Crippen molar-refractivity contribution in [2.45, 2.75) is 12.8 Å². The van der Waals surface area contributed by atoms with Crippen molar-refractivity contribution >= 4 is 34.9 Å². The highest BCUT2D eigenvalue weighted by atomic mass is 35.5.